The maximum atomic E-state index is 12.6. The van der Waals surface area contributed by atoms with Gasteiger partial charge in [0.1, 0.15) is 0 Å². The molecule has 0 aliphatic carbocycles. The summed E-state index contributed by atoms with van der Waals surface area (Å²) >= 11 is 10.6. The Morgan fingerprint density at radius 2 is 2.00 bits per heavy atom. The fraction of sp³-hybridized carbons (Fsp3) is 0.100. The molecule has 6 nitrogen and oxygen atoms in total. The molecule has 0 aliphatic rings. The van der Waals surface area contributed by atoms with Gasteiger partial charge >= 0.3 is 0 Å². The summed E-state index contributed by atoms with van der Waals surface area (Å²) in [5.41, 5.74) is 2.13. The number of carbonyl (C=O) groups excluding carboxylic acids is 1. The van der Waals surface area contributed by atoms with Gasteiger partial charge in [0.05, 0.1) is 22.9 Å². The van der Waals surface area contributed by atoms with Crippen LogP contribution in [0.5, 0.6) is 0 Å². The zero-order valence-corrected chi connectivity index (χ0v) is 18.1. The number of hydrogen-bond acceptors (Lipinski definition) is 5. The van der Waals surface area contributed by atoms with E-state index in [1.54, 1.807) is 24.3 Å². The zero-order chi connectivity index (χ0) is 20.4. The number of nitrogens with zero attached hydrogens (tertiary/aromatic N) is 3. The number of aryl methyl sites for hydroxylation is 1. The molecule has 1 N–H and O–H groups in total. The van der Waals surface area contributed by atoms with Crippen LogP contribution in [0, 0.1) is 0 Å². The van der Waals surface area contributed by atoms with E-state index in [4.69, 9.17) is 11.6 Å². The summed E-state index contributed by atoms with van der Waals surface area (Å²) in [6, 6.07) is 12.7. The summed E-state index contributed by atoms with van der Waals surface area (Å²) in [7, 11) is 0. The van der Waals surface area contributed by atoms with Crippen LogP contribution in [0.25, 0.3) is 22.2 Å². The van der Waals surface area contributed by atoms with Crippen molar-refractivity contribution in [3.8, 4) is 11.3 Å². The van der Waals surface area contributed by atoms with Gasteiger partial charge in [0.25, 0.3) is 5.56 Å². The first-order valence-electron chi connectivity index (χ1n) is 8.65. The van der Waals surface area contributed by atoms with Crippen LogP contribution < -0.4 is 10.9 Å². The van der Waals surface area contributed by atoms with Crippen LogP contribution in [0.3, 0.4) is 0 Å². The summed E-state index contributed by atoms with van der Waals surface area (Å²) in [6.07, 6.45) is 1.60. The van der Waals surface area contributed by atoms with Gasteiger partial charge in [-0.05, 0) is 30.3 Å². The van der Waals surface area contributed by atoms with Crippen molar-refractivity contribution in [2.24, 2.45) is 0 Å². The Kier molecular flexibility index (Phi) is 5.75. The molecule has 0 spiro atoms. The highest BCUT2D eigenvalue weighted by Gasteiger charge is 2.10. The maximum Gasteiger partial charge on any atom is 0.261 e. The van der Waals surface area contributed by atoms with Gasteiger partial charge in [0, 0.05) is 33.4 Å². The molecular weight excluding hydrogens is 476 g/mol. The van der Waals surface area contributed by atoms with Crippen molar-refractivity contribution < 1.29 is 4.79 Å². The molecule has 4 rings (SSSR count). The monoisotopic (exact) mass is 488 g/mol. The van der Waals surface area contributed by atoms with Gasteiger partial charge in [-0.15, -0.1) is 11.3 Å². The highest BCUT2D eigenvalue weighted by atomic mass is 79.9. The smallest absolute Gasteiger partial charge is 0.261 e. The third-order valence-electron chi connectivity index (χ3n) is 4.26. The number of carbonyl (C=O) groups is 1. The SMILES string of the molecule is O=C(CCn1cnc2ccc(Br)cc2c1=O)Nc1nc(-c2ccc(Cl)cc2)cs1. The van der Waals surface area contributed by atoms with E-state index < -0.39 is 0 Å². The molecular formula is C20H14BrClN4O2S. The standard InChI is InChI=1S/C20H14BrClN4O2S/c21-13-3-6-16-15(9-13)19(28)26(11-23-16)8-7-18(27)25-20-24-17(10-29-20)12-1-4-14(22)5-2-12/h1-6,9-11H,7-8H2,(H,24,25,27). The molecule has 0 atom stereocenters. The summed E-state index contributed by atoms with van der Waals surface area (Å²) in [4.78, 5) is 33.6. The first-order valence-corrected chi connectivity index (χ1v) is 10.7. The molecule has 9 heteroatoms. The molecule has 2 aromatic carbocycles. The van der Waals surface area contributed by atoms with Crippen LogP contribution in [0.15, 0.2) is 63.4 Å². The number of rotatable bonds is 5. The summed E-state index contributed by atoms with van der Waals surface area (Å²) in [5, 5.41) is 6.32. The van der Waals surface area contributed by atoms with Gasteiger partial charge in [-0.2, -0.15) is 0 Å². The third-order valence-corrected chi connectivity index (χ3v) is 5.76. The Bertz CT molecular complexity index is 1250. The molecule has 1 amide bonds. The van der Waals surface area contributed by atoms with Gasteiger partial charge in [-0.1, -0.05) is 39.7 Å². The van der Waals surface area contributed by atoms with Gasteiger partial charge in [0.2, 0.25) is 5.91 Å². The quantitative estimate of drug-likeness (QED) is 0.430. The molecule has 0 fully saturated rings. The molecule has 0 radical (unpaired) electrons. The van der Waals surface area contributed by atoms with E-state index in [0.29, 0.717) is 21.1 Å². The summed E-state index contributed by atoms with van der Waals surface area (Å²) in [5.74, 6) is -0.219. The largest absolute Gasteiger partial charge is 0.302 e. The van der Waals surface area contributed by atoms with E-state index in [9.17, 15) is 9.59 Å². The molecule has 0 saturated carbocycles. The Morgan fingerprint density at radius 3 is 2.79 bits per heavy atom. The van der Waals surface area contributed by atoms with E-state index in [-0.39, 0.29) is 24.4 Å². The highest BCUT2D eigenvalue weighted by Crippen LogP contribution is 2.26. The van der Waals surface area contributed by atoms with Gasteiger partial charge in [-0.25, -0.2) is 9.97 Å². The minimum absolute atomic E-state index is 0.136. The van der Waals surface area contributed by atoms with Crippen LogP contribution in [0.1, 0.15) is 6.42 Å². The van der Waals surface area contributed by atoms with Crippen molar-refractivity contribution in [1.82, 2.24) is 14.5 Å². The van der Waals surface area contributed by atoms with E-state index in [2.05, 4.69) is 31.2 Å². The van der Waals surface area contributed by atoms with E-state index in [1.165, 1.54) is 22.2 Å². The molecule has 4 aromatic rings. The van der Waals surface area contributed by atoms with E-state index >= 15 is 0 Å². The summed E-state index contributed by atoms with van der Waals surface area (Å²) in [6.45, 7) is 0.232. The van der Waals surface area contributed by atoms with Crippen LogP contribution in [-0.4, -0.2) is 20.4 Å². The molecule has 2 heterocycles. The van der Waals surface area contributed by atoms with E-state index in [1.807, 2.05) is 23.6 Å². The predicted molar refractivity (Wildman–Crippen MR) is 120 cm³/mol. The van der Waals surface area contributed by atoms with Crippen LogP contribution in [0.2, 0.25) is 5.02 Å². The van der Waals surface area contributed by atoms with Crippen LogP contribution >= 0.6 is 38.9 Å². The molecule has 29 heavy (non-hydrogen) atoms. The Morgan fingerprint density at radius 1 is 1.21 bits per heavy atom. The second-order valence-electron chi connectivity index (χ2n) is 6.25. The second-order valence-corrected chi connectivity index (χ2v) is 8.46. The number of fused-ring (bicyclic) bond motifs is 1. The first kappa shape index (κ1) is 19.8. The normalized spacial score (nSPS) is 11.0. The number of aromatic nitrogens is 3. The topological polar surface area (TPSA) is 76.9 Å². The average Bonchev–Trinajstić information content (AvgIpc) is 3.17. The average molecular weight is 490 g/mol. The highest BCUT2D eigenvalue weighted by molar-refractivity contribution is 9.10. The van der Waals surface area contributed by atoms with Crippen molar-refractivity contribution in [3.05, 3.63) is 74.0 Å². The van der Waals surface area contributed by atoms with Crippen LogP contribution in [-0.2, 0) is 11.3 Å². The number of amides is 1. The lowest BCUT2D eigenvalue weighted by molar-refractivity contribution is -0.116. The number of benzene rings is 2. The molecule has 146 valence electrons. The Balaban J connectivity index is 1.42. The number of thiazole rings is 1. The van der Waals surface area contributed by atoms with E-state index in [0.717, 1.165) is 15.7 Å². The lowest BCUT2D eigenvalue weighted by Gasteiger charge is -2.07. The molecule has 0 unspecified atom stereocenters. The zero-order valence-electron chi connectivity index (χ0n) is 14.9. The van der Waals surface area contributed by atoms with Crippen molar-refractivity contribution in [2.45, 2.75) is 13.0 Å². The fourth-order valence-electron chi connectivity index (χ4n) is 2.78. The Hall–Kier alpha value is -2.55. The number of hydrogen-bond donors (Lipinski definition) is 1. The van der Waals surface area contributed by atoms with Gasteiger partial charge < -0.3 is 5.32 Å². The molecule has 0 saturated heterocycles. The van der Waals surface area contributed by atoms with Gasteiger partial charge in [0.15, 0.2) is 5.13 Å². The minimum atomic E-state index is -0.219. The number of nitrogens with one attached hydrogen (secondary N) is 1. The number of halogens is 2. The van der Waals surface area contributed by atoms with Crippen molar-refractivity contribution in [2.75, 3.05) is 5.32 Å². The molecule has 2 aromatic heterocycles. The molecule has 0 bridgehead atoms. The maximum absolute atomic E-state index is 12.6. The third kappa shape index (κ3) is 4.55. The minimum Gasteiger partial charge on any atom is -0.302 e. The molecule has 0 aliphatic heterocycles. The fourth-order valence-corrected chi connectivity index (χ4v) is 4.00. The lowest BCUT2D eigenvalue weighted by atomic mass is 10.2. The van der Waals surface area contributed by atoms with Gasteiger partial charge in [-0.3, -0.25) is 14.2 Å². The second kappa shape index (κ2) is 8.44. The number of anilines is 1. The van der Waals surface area contributed by atoms with Crippen LogP contribution in [0.4, 0.5) is 5.13 Å². The lowest BCUT2D eigenvalue weighted by Crippen LogP contribution is -2.23. The Labute approximate surface area is 183 Å². The summed E-state index contributed by atoms with van der Waals surface area (Å²) < 4.78 is 2.25. The van der Waals surface area contributed by atoms with Crippen molar-refractivity contribution >= 4 is 60.8 Å². The van der Waals surface area contributed by atoms with Crippen molar-refractivity contribution in [1.29, 1.82) is 0 Å². The van der Waals surface area contributed by atoms with Crippen molar-refractivity contribution in [3.63, 3.8) is 0 Å². The predicted octanol–water partition coefficient (Wildman–Crippen LogP) is 4.96. The first-order chi connectivity index (χ1) is 14.0.